The standard InChI is InChI=1S/C13H31NO3Si/c1-5-6-7-8-9-10-13(14)11-12-18(15-2,16-3)17-4/h13H,5-12,14H2,1-4H3. The van der Waals surface area contributed by atoms with Crippen LogP contribution in [0.1, 0.15) is 51.9 Å². The topological polar surface area (TPSA) is 53.7 Å². The fourth-order valence-electron chi connectivity index (χ4n) is 2.07. The van der Waals surface area contributed by atoms with Gasteiger partial charge in [-0.15, -0.1) is 0 Å². The van der Waals surface area contributed by atoms with Crippen molar-refractivity contribution in [3.63, 3.8) is 0 Å². The molecule has 0 aromatic carbocycles. The van der Waals surface area contributed by atoms with Gasteiger partial charge in [-0.2, -0.15) is 0 Å². The van der Waals surface area contributed by atoms with Crippen LogP contribution in [0.15, 0.2) is 0 Å². The summed E-state index contributed by atoms with van der Waals surface area (Å²) in [6.07, 6.45) is 8.47. The number of hydrogen-bond acceptors (Lipinski definition) is 4. The molecule has 0 aliphatic carbocycles. The van der Waals surface area contributed by atoms with Crippen LogP contribution in [0.5, 0.6) is 0 Å². The van der Waals surface area contributed by atoms with Crippen molar-refractivity contribution in [1.29, 1.82) is 0 Å². The number of unbranched alkanes of at least 4 members (excludes halogenated alkanes) is 4. The molecule has 0 rings (SSSR count). The second-order valence-electron chi connectivity index (χ2n) is 4.80. The molecule has 0 aliphatic rings. The van der Waals surface area contributed by atoms with Gasteiger partial charge < -0.3 is 19.0 Å². The van der Waals surface area contributed by atoms with Crippen molar-refractivity contribution in [2.75, 3.05) is 21.3 Å². The van der Waals surface area contributed by atoms with E-state index in [2.05, 4.69) is 6.92 Å². The normalized spacial score (nSPS) is 13.8. The molecule has 1 atom stereocenters. The van der Waals surface area contributed by atoms with Crippen molar-refractivity contribution in [3.8, 4) is 0 Å². The van der Waals surface area contributed by atoms with Crippen LogP contribution in [0.4, 0.5) is 0 Å². The first-order valence-corrected chi connectivity index (χ1v) is 8.98. The van der Waals surface area contributed by atoms with Crippen molar-refractivity contribution in [3.05, 3.63) is 0 Å². The van der Waals surface area contributed by atoms with Crippen molar-refractivity contribution in [2.24, 2.45) is 5.73 Å². The molecule has 0 aromatic heterocycles. The number of nitrogens with two attached hydrogens (primary N) is 1. The van der Waals surface area contributed by atoms with Crippen molar-refractivity contribution < 1.29 is 13.3 Å². The first kappa shape index (κ1) is 18.1. The summed E-state index contributed by atoms with van der Waals surface area (Å²) in [5.74, 6) is 0. The zero-order valence-corrected chi connectivity index (χ0v) is 13.5. The van der Waals surface area contributed by atoms with Crippen LogP contribution in [0.25, 0.3) is 0 Å². The Bertz CT molecular complexity index is 181. The molecule has 0 amide bonds. The van der Waals surface area contributed by atoms with E-state index in [0.29, 0.717) is 0 Å². The zero-order chi connectivity index (χ0) is 13.9. The third-order valence-electron chi connectivity index (χ3n) is 3.43. The first-order valence-electron chi connectivity index (χ1n) is 7.05. The fourth-order valence-corrected chi connectivity index (χ4v) is 3.91. The molecule has 0 saturated heterocycles. The molecular weight excluding hydrogens is 246 g/mol. The van der Waals surface area contributed by atoms with Crippen LogP contribution in [-0.4, -0.2) is 36.2 Å². The highest BCUT2D eigenvalue weighted by molar-refractivity contribution is 6.60. The SMILES string of the molecule is CCCCCCCC(N)CC[Si](OC)(OC)OC. The molecule has 0 spiro atoms. The summed E-state index contributed by atoms with van der Waals surface area (Å²) in [7, 11) is 2.52. The molecular formula is C13H31NO3Si. The Labute approximate surface area is 114 Å². The number of rotatable bonds is 12. The van der Waals surface area contributed by atoms with Crippen molar-refractivity contribution >= 4 is 8.80 Å². The Hall–Kier alpha value is 0.0569. The third kappa shape index (κ3) is 7.48. The lowest BCUT2D eigenvalue weighted by atomic mass is 10.1. The highest BCUT2D eigenvalue weighted by atomic mass is 28.4. The van der Waals surface area contributed by atoms with Gasteiger partial charge in [0, 0.05) is 33.4 Å². The summed E-state index contributed by atoms with van der Waals surface area (Å²) >= 11 is 0. The van der Waals surface area contributed by atoms with Crippen molar-refractivity contribution in [2.45, 2.75) is 64.0 Å². The van der Waals surface area contributed by atoms with Gasteiger partial charge in [0.2, 0.25) is 0 Å². The van der Waals surface area contributed by atoms with Crippen LogP contribution in [-0.2, 0) is 13.3 Å². The Morgan fingerprint density at radius 2 is 1.44 bits per heavy atom. The minimum atomic E-state index is -2.42. The van der Waals surface area contributed by atoms with E-state index in [1.54, 1.807) is 21.3 Å². The fraction of sp³-hybridized carbons (Fsp3) is 1.00. The van der Waals surface area contributed by atoms with E-state index in [9.17, 15) is 0 Å². The maximum Gasteiger partial charge on any atom is 0.500 e. The van der Waals surface area contributed by atoms with Crippen LogP contribution in [0.3, 0.4) is 0 Å². The van der Waals surface area contributed by atoms with E-state index in [1.807, 2.05) is 0 Å². The highest BCUT2D eigenvalue weighted by Crippen LogP contribution is 2.18. The minimum absolute atomic E-state index is 0.235. The van der Waals surface area contributed by atoms with Gasteiger partial charge in [0.1, 0.15) is 0 Å². The first-order chi connectivity index (χ1) is 8.64. The molecule has 4 nitrogen and oxygen atoms in total. The maximum absolute atomic E-state index is 6.12. The Morgan fingerprint density at radius 3 is 1.94 bits per heavy atom. The van der Waals surface area contributed by atoms with Gasteiger partial charge >= 0.3 is 8.80 Å². The van der Waals surface area contributed by atoms with Gasteiger partial charge in [0.15, 0.2) is 0 Å². The molecule has 0 bridgehead atoms. The van der Waals surface area contributed by atoms with Crippen molar-refractivity contribution in [1.82, 2.24) is 0 Å². The number of hydrogen-bond donors (Lipinski definition) is 1. The molecule has 0 saturated carbocycles. The molecule has 2 N–H and O–H groups in total. The zero-order valence-electron chi connectivity index (χ0n) is 12.5. The Kier molecular flexibility index (Phi) is 11.0. The molecule has 0 aromatic rings. The van der Waals surface area contributed by atoms with Crippen LogP contribution in [0, 0.1) is 0 Å². The summed E-state index contributed by atoms with van der Waals surface area (Å²) in [5, 5.41) is 0. The summed E-state index contributed by atoms with van der Waals surface area (Å²) in [6, 6.07) is 1.03. The van der Waals surface area contributed by atoms with E-state index in [1.165, 1.54) is 32.1 Å². The molecule has 1 unspecified atom stereocenters. The second-order valence-corrected chi connectivity index (χ2v) is 7.89. The molecule has 5 heteroatoms. The lowest BCUT2D eigenvalue weighted by Gasteiger charge is -2.25. The average Bonchev–Trinajstić information content (AvgIpc) is 2.41. The lowest BCUT2D eigenvalue weighted by Crippen LogP contribution is -2.43. The van der Waals surface area contributed by atoms with E-state index < -0.39 is 8.80 Å². The molecule has 18 heavy (non-hydrogen) atoms. The third-order valence-corrected chi connectivity index (χ3v) is 6.20. The summed E-state index contributed by atoms with van der Waals surface area (Å²) in [5.41, 5.74) is 6.12. The average molecular weight is 277 g/mol. The summed E-state index contributed by atoms with van der Waals surface area (Å²) in [6.45, 7) is 2.23. The van der Waals surface area contributed by atoms with Gasteiger partial charge in [0.25, 0.3) is 0 Å². The second kappa shape index (κ2) is 10.9. The van der Waals surface area contributed by atoms with Gasteiger partial charge in [-0.3, -0.25) is 0 Å². The predicted molar refractivity (Wildman–Crippen MR) is 77.6 cm³/mol. The van der Waals surface area contributed by atoms with E-state index in [4.69, 9.17) is 19.0 Å². The van der Waals surface area contributed by atoms with Crippen LogP contribution in [0.2, 0.25) is 6.04 Å². The van der Waals surface area contributed by atoms with E-state index in [-0.39, 0.29) is 6.04 Å². The Balaban J connectivity index is 3.71. The molecule has 0 fully saturated rings. The molecule has 0 aliphatic heterocycles. The minimum Gasteiger partial charge on any atom is -0.377 e. The summed E-state index contributed by atoms with van der Waals surface area (Å²) < 4.78 is 16.1. The van der Waals surface area contributed by atoms with E-state index >= 15 is 0 Å². The maximum atomic E-state index is 6.12. The quantitative estimate of drug-likeness (QED) is 0.440. The molecule has 0 radical (unpaired) electrons. The van der Waals surface area contributed by atoms with E-state index in [0.717, 1.165) is 18.9 Å². The monoisotopic (exact) mass is 277 g/mol. The molecule has 0 heterocycles. The van der Waals surface area contributed by atoms with Gasteiger partial charge in [0.05, 0.1) is 0 Å². The van der Waals surface area contributed by atoms with Gasteiger partial charge in [-0.1, -0.05) is 39.0 Å². The molecule has 110 valence electrons. The summed E-state index contributed by atoms with van der Waals surface area (Å²) in [4.78, 5) is 0. The van der Waals surface area contributed by atoms with Gasteiger partial charge in [-0.05, 0) is 12.8 Å². The highest BCUT2D eigenvalue weighted by Gasteiger charge is 2.37. The van der Waals surface area contributed by atoms with Gasteiger partial charge in [-0.25, -0.2) is 0 Å². The van der Waals surface area contributed by atoms with Crippen LogP contribution >= 0.6 is 0 Å². The lowest BCUT2D eigenvalue weighted by molar-refractivity contribution is 0.122. The predicted octanol–water partition coefficient (Wildman–Crippen LogP) is 2.94. The largest absolute Gasteiger partial charge is 0.500 e. The smallest absolute Gasteiger partial charge is 0.377 e. The Morgan fingerprint density at radius 1 is 0.889 bits per heavy atom. The van der Waals surface area contributed by atoms with Crippen LogP contribution < -0.4 is 5.73 Å².